The SMILES string of the molecule is O=C(NCCN1CCN(C(=O)c2c(F)c(F)c(F)c(F)c2F)CC1)c1c(F)c(F)c(F)c(F)c1F. The van der Waals surface area contributed by atoms with Crippen LogP contribution in [0.1, 0.15) is 20.7 Å². The minimum absolute atomic E-state index is 0.000462. The van der Waals surface area contributed by atoms with Crippen LogP contribution in [0.5, 0.6) is 0 Å². The number of rotatable bonds is 5. The summed E-state index contributed by atoms with van der Waals surface area (Å²) in [6.07, 6.45) is 0. The molecule has 0 unspecified atom stereocenters. The number of piperazine rings is 1. The van der Waals surface area contributed by atoms with Crippen molar-refractivity contribution in [3.63, 3.8) is 0 Å². The highest BCUT2D eigenvalue weighted by Gasteiger charge is 2.33. The van der Waals surface area contributed by atoms with Crippen molar-refractivity contribution in [2.24, 2.45) is 0 Å². The van der Waals surface area contributed by atoms with Gasteiger partial charge in [-0.3, -0.25) is 14.5 Å². The Hall–Kier alpha value is -3.36. The fourth-order valence-corrected chi connectivity index (χ4v) is 3.35. The molecule has 1 aliphatic heterocycles. The summed E-state index contributed by atoms with van der Waals surface area (Å²) in [6.45, 7) is -0.803. The first-order chi connectivity index (χ1) is 16.4. The molecule has 2 amide bonds. The average Bonchev–Trinajstić information content (AvgIpc) is 2.84. The number of hydrogen-bond donors (Lipinski definition) is 1. The van der Waals surface area contributed by atoms with Gasteiger partial charge < -0.3 is 10.2 Å². The topological polar surface area (TPSA) is 52.7 Å². The Morgan fingerprint density at radius 2 is 0.943 bits per heavy atom. The molecule has 1 fully saturated rings. The minimum Gasteiger partial charge on any atom is -0.351 e. The highest BCUT2D eigenvalue weighted by molar-refractivity contribution is 5.95. The Labute approximate surface area is 189 Å². The molecule has 1 heterocycles. The summed E-state index contributed by atoms with van der Waals surface area (Å²) in [5.74, 6) is -26.1. The van der Waals surface area contributed by atoms with E-state index in [1.165, 1.54) is 0 Å². The molecule has 0 saturated carbocycles. The summed E-state index contributed by atoms with van der Waals surface area (Å²) in [5.41, 5.74) is -3.27. The van der Waals surface area contributed by atoms with Gasteiger partial charge in [-0.1, -0.05) is 0 Å². The zero-order valence-corrected chi connectivity index (χ0v) is 17.2. The van der Waals surface area contributed by atoms with E-state index in [1.807, 2.05) is 5.32 Å². The van der Waals surface area contributed by atoms with Crippen molar-refractivity contribution in [1.82, 2.24) is 15.1 Å². The number of hydrogen-bond acceptors (Lipinski definition) is 3. The van der Waals surface area contributed by atoms with Crippen molar-refractivity contribution in [1.29, 1.82) is 0 Å². The smallest absolute Gasteiger partial charge is 0.260 e. The van der Waals surface area contributed by atoms with Crippen LogP contribution in [-0.4, -0.2) is 60.9 Å². The third kappa shape index (κ3) is 4.76. The van der Waals surface area contributed by atoms with Crippen LogP contribution in [0.25, 0.3) is 0 Å². The summed E-state index contributed by atoms with van der Waals surface area (Å²) >= 11 is 0. The summed E-state index contributed by atoms with van der Waals surface area (Å²) in [7, 11) is 0. The van der Waals surface area contributed by atoms with Crippen LogP contribution >= 0.6 is 0 Å². The molecular weight excluding hydrogens is 504 g/mol. The summed E-state index contributed by atoms with van der Waals surface area (Å²) in [4.78, 5) is 26.6. The third-order valence-corrected chi connectivity index (χ3v) is 5.23. The molecule has 0 atom stereocenters. The van der Waals surface area contributed by atoms with Gasteiger partial charge in [0.25, 0.3) is 11.8 Å². The molecule has 3 rings (SSSR count). The molecular formula is C20H13F10N3O2. The second kappa shape index (κ2) is 10.1. The molecule has 1 aliphatic rings. The number of nitrogens with one attached hydrogen (secondary N) is 1. The quantitative estimate of drug-likeness (QED) is 0.377. The molecule has 190 valence electrons. The molecule has 15 heteroatoms. The summed E-state index contributed by atoms with van der Waals surface area (Å²) in [6, 6.07) is 0. The lowest BCUT2D eigenvalue weighted by atomic mass is 10.1. The predicted octanol–water partition coefficient (Wildman–Crippen LogP) is 3.27. The number of nitrogens with zero attached hydrogens (tertiary/aromatic N) is 2. The summed E-state index contributed by atoms with van der Waals surface area (Å²) in [5, 5.41) is 1.98. The van der Waals surface area contributed by atoms with E-state index in [1.54, 1.807) is 4.90 Å². The molecule has 0 spiro atoms. The van der Waals surface area contributed by atoms with Gasteiger partial charge in [0.2, 0.25) is 11.6 Å². The molecule has 0 aromatic heterocycles. The highest BCUT2D eigenvalue weighted by Crippen LogP contribution is 2.25. The van der Waals surface area contributed by atoms with E-state index in [-0.39, 0.29) is 39.3 Å². The Morgan fingerprint density at radius 3 is 1.37 bits per heavy atom. The number of carbonyl (C=O) groups excluding carboxylic acids is 2. The van der Waals surface area contributed by atoms with E-state index >= 15 is 0 Å². The van der Waals surface area contributed by atoms with Crippen LogP contribution in [-0.2, 0) is 0 Å². The zero-order valence-electron chi connectivity index (χ0n) is 17.2. The largest absolute Gasteiger partial charge is 0.351 e. The Bertz CT molecular complexity index is 1140. The van der Waals surface area contributed by atoms with Crippen LogP contribution in [0.2, 0.25) is 0 Å². The number of amides is 2. The molecule has 1 saturated heterocycles. The van der Waals surface area contributed by atoms with Crippen LogP contribution in [0, 0.1) is 58.2 Å². The van der Waals surface area contributed by atoms with Crippen LogP contribution in [0.4, 0.5) is 43.9 Å². The predicted molar refractivity (Wildman–Crippen MR) is 97.1 cm³/mol. The lowest BCUT2D eigenvalue weighted by Gasteiger charge is -2.34. The van der Waals surface area contributed by atoms with Crippen LogP contribution < -0.4 is 5.32 Å². The Balaban J connectivity index is 1.58. The van der Waals surface area contributed by atoms with Crippen molar-refractivity contribution < 1.29 is 53.5 Å². The van der Waals surface area contributed by atoms with E-state index in [2.05, 4.69) is 0 Å². The lowest BCUT2D eigenvalue weighted by Crippen LogP contribution is -2.50. The third-order valence-electron chi connectivity index (χ3n) is 5.23. The van der Waals surface area contributed by atoms with Gasteiger partial charge in [-0.05, 0) is 0 Å². The Morgan fingerprint density at radius 1 is 0.571 bits per heavy atom. The van der Waals surface area contributed by atoms with Crippen molar-refractivity contribution in [3.05, 3.63) is 69.3 Å². The molecule has 0 aliphatic carbocycles. The van der Waals surface area contributed by atoms with E-state index in [0.717, 1.165) is 4.90 Å². The van der Waals surface area contributed by atoms with Crippen molar-refractivity contribution >= 4 is 11.8 Å². The number of halogens is 10. The highest BCUT2D eigenvalue weighted by atomic mass is 19.2. The second-order valence-corrected chi connectivity index (χ2v) is 7.28. The molecule has 35 heavy (non-hydrogen) atoms. The fourth-order valence-electron chi connectivity index (χ4n) is 3.35. The lowest BCUT2D eigenvalue weighted by molar-refractivity contribution is 0.0625. The van der Waals surface area contributed by atoms with Gasteiger partial charge in [-0.15, -0.1) is 0 Å². The van der Waals surface area contributed by atoms with Crippen molar-refractivity contribution in [2.75, 3.05) is 39.3 Å². The van der Waals surface area contributed by atoms with E-state index < -0.39 is 81.1 Å². The van der Waals surface area contributed by atoms with E-state index in [4.69, 9.17) is 0 Å². The summed E-state index contributed by atoms with van der Waals surface area (Å²) < 4.78 is 134. The zero-order chi connectivity index (χ0) is 26.2. The molecule has 1 N–H and O–H groups in total. The van der Waals surface area contributed by atoms with Gasteiger partial charge in [0.1, 0.15) is 11.1 Å². The molecule has 2 aromatic rings. The second-order valence-electron chi connectivity index (χ2n) is 7.28. The fraction of sp³-hybridized carbons (Fsp3) is 0.300. The van der Waals surface area contributed by atoms with Gasteiger partial charge in [0.05, 0.1) is 0 Å². The first kappa shape index (κ1) is 26.2. The maximum Gasteiger partial charge on any atom is 0.260 e. The molecule has 0 bridgehead atoms. The number of carbonyl (C=O) groups is 2. The normalized spacial score (nSPS) is 14.4. The Kier molecular flexibility index (Phi) is 7.57. The van der Waals surface area contributed by atoms with Crippen LogP contribution in [0.3, 0.4) is 0 Å². The standard InChI is InChI=1S/C20H13F10N3O2/c21-9-7(10(22)14(26)17(29)13(9)25)19(34)31-1-2-32-3-5-33(6-4-32)20(35)8-11(23)15(27)18(30)16(28)12(8)24/h1-6H2,(H,31,34). The monoisotopic (exact) mass is 517 g/mol. The maximum absolute atomic E-state index is 13.9. The molecule has 0 radical (unpaired) electrons. The first-order valence-electron chi connectivity index (χ1n) is 9.71. The van der Waals surface area contributed by atoms with Gasteiger partial charge in [-0.2, -0.15) is 0 Å². The van der Waals surface area contributed by atoms with Crippen molar-refractivity contribution in [3.8, 4) is 0 Å². The van der Waals surface area contributed by atoms with Gasteiger partial charge >= 0.3 is 0 Å². The molecule has 2 aromatic carbocycles. The van der Waals surface area contributed by atoms with Gasteiger partial charge in [-0.25, -0.2) is 43.9 Å². The average molecular weight is 517 g/mol. The minimum atomic E-state index is -2.42. The maximum atomic E-state index is 13.9. The van der Waals surface area contributed by atoms with Crippen molar-refractivity contribution in [2.45, 2.75) is 0 Å². The van der Waals surface area contributed by atoms with E-state index in [9.17, 15) is 53.5 Å². The molecule has 5 nitrogen and oxygen atoms in total. The first-order valence-corrected chi connectivity index (χ1v) is 9.71. The van der Waals surface area contributed by atoms with E-state index in [0.29, 0.717) is 0 Å². The van der Waals surface area contributed by atoms with Gasteiger partial charge in [0.15, 0.2) is 46.5 Å². The van der Waals surface area contributed by atoms with Gasteiger partial charge in [0, 0.05) is 39.3 Å². The number of benzene rings is 2. The van der Waals surface area contributed by atoms with Crippen LogP contribution in [0.15, 0.2) is 0 Å².